The van der Waals surface area contributed by atoms with Crippen LogP contribution in [0.15, 0.2) is 43.0 Å². The molecule has 0 saturated heterocycles. The van der Waals surface area contributed by atoms with Crippen molar-refractivity contribution in [2.75, 3.05) is 0 Å². The monoisotopic (exact) mass is 204 g/mol. The number of esters is 1. The first kappa shape index (κ1) is 11.2. The lowest BCUT2D eigenvalue weighted by Crippen LogP contribution is -2.09. The molecule has 1 aromatic rings. The maximum atomic E-state index is 11.1. The molecule has 0 spiro atoms. The van der Waals surface area contributed by atoms with Crippen molar-refractivity contribution in [1.29, 1.82) is 0 Å². The zero-order valence-corrected chi connectivity index (χ0v) is 8.31. The third-order valence-corrected chi connectivity index (χ3v) is 1.79. The number of carbonyl (C=O) groups excluding carboxylic acids is 2. The van der Waals surface area contributed by atoms with Crippen LogP contribution in [0.1, 0.15) is 12.0 Å². The summed E-state index contributed by atoms with van der Waals surface area (Å²) in [5.41, 5.74) is 0.900. The highest BCUT2D eigenvalue weighted by molar-refractivity contribution is 6.01. The van der Waals surface area contributed by atoms with Gasteiger partial charge in [0.05, 0.1) is 0 Å². The van der Waals surface area contributed by atoms with Gasteiger partial charge < -0.3 is 4.74 Å². The molecule has 0 aliphatic carbocycles. The lowest BCUT2D eigenvalue weighted by Gasteiger charge is -2.02. The number of benzene rings is 1. The van der Waals surface area contributed by atoms with E-state index >= 15 is 0 Å². The first-order valence-corrected chi connectivity index (χ1v) is 4.57. The minimum absolute atomic E-state index is 0.199. The van der Waals surface area contributed by atoms with Crippen molar-refractivity contribution in [2.24, 2.45) is 0 Å². The van der Waals surface area contributed by atoms with Crippen molar-refractivity contribution in [3.63, 3.8) is 0 Å². The van der Waals surface area contributed by atoms with Gasteiger partial charge in [0.15, 0.2) is 5.78 Å². The maximum Gasteiger partial charge on any atom is 0.314 e. The van der Waals surface area contributed by atoms with Gasteiger partial charge in [0.1, 0.15) is 13.0 Å². The second-order valence-electron chi connectivity index (χ2n) is 2.99. The highest BCUT2D eigenvalue weighted by Gasteiger charge is 2.07. The molecule has 0 aliphatic heterocycles. The normalized spacial score (nSPS) is 9.33. The van der Waals surface area contributed by atoms with E-state index in [4.69, 9.17) is 4.74 Å². The van der Waals surface area contributed by atoms with Crippen molar-refractivity contribution in [3.05, 3.63) is 48.6 Å². The van der Waals surface area contributed by atoms with Crippen LogP contribution in [-0.2, 0) is 20.9 Å². The average molecular weight is 204 g/mol. The summed E-state index contributed by atoms with van der Waals surface area (Å²) in [6, 6.07) is 9.30. The van der Waals surface area contributed by atoms with Crippen LogP contribution in [-0.4, -0.2) is 11.8 Å². The van der Waals surface area contributed by atoms with E-state index in [1.54, 1.807) is 0 Å². The molecule has 15 heavy (non-hydrogen) atoms. The summed E-state index contributed by atoms with van der Waals surface area (Å²) >= 11 is 0. The quantitative estimate of drug-likeness (QED) is 0.418. The Morgan fingerprint density at radius 3 is 2.53 bits per heavy atom. The van der Waals surface area contributed by atoms with Crippen molar-refractivity contribution < 1.29 is 14.3 Å². The Kier molecular flexibility index (Phi) is 4.29. The van der Waals surface area contributed by atoms with Gasteiger partial charge in [-0.2, -0.15) is 0 Å². The molecule has 1 aromatic carbocycles. The number of allylic oxidation sites excluding steroid dienone is 1. The summed E-state index contributed by atoms with van der Waals surface area (Å²) < 4.78 is 4.89. The lowest BCUT2D eigenvalue weighted by molar-refractivity contribution is -0.146. The van der Waals surface area contributed by atoms with E-state index in [1.165, 1.54) is 0 Å². The van der Waals surface area contributed by atoms with E-state index in [-0.39, 0.29) is 18.8 Å². The van der Waals surface area contributed by atoms with Crippen LogP contribution in [0, 0.1) is 0 Å². The number of hydrogen-bond donors (Lipinski definition) is 0. The first-order chi connectivity index (χ1) is 7.22. The van der Waals surface area contributed by atoms with Gasteiger partial charge in [0, 0.05) is 0 Å². The fraction of sp³-hybridized carbons (Fsp3) is 0.167. The molecule has 0 heterocycles. The van der Waals surface area contributed by atoms with Gasteiger partial charge in [-0.3, -0.25) is 9.59 Å². The standard InChI is InChI=1S/C12H12O3/c1-2-11(13)8-12(14)15-9-10-6-4-3-5-7-10/h2-7H,1,8-9H2. The Morgan fingerprint density at radius 1 is 1.27 bits per heavy atom. The zero-order chi connectivity index (χ0) is 11.1. The van der Waals surface area contributed by atoms with Crippen LogP contribution in [0.2, 0.25) is 0 Å². The van der Waals surface area contributed by atoms with E-state index in [9.17, 15) is 9.59 Å². The Hall–Kier alpha value is -1.90. The molecule has 0 unspecified atom stereocenters. The number of carbonyl (C=O) groups is 2. The molecule has 0 aromatic heterocycles. The van der Waals surface area contributed by atoms with E-state index in [2.05, 4.69) is 6.58 Å². The second-order valence-corrected chi connectivity index (χ2v) is 2.99. The third kappa shape index (κ3) is 4.22. The van der Waals surface area contributed by atoms with Crippen LogP contribution >= 0.6 is 0 Å². The van der Waals surface area contributed by atoms with Gasteiger partial charge in [-0.05, 0) is 11.6 Å². The van der Waals surface area contributed by atoms with Gasteiger partial charge in [0.2, 0.25) is 0 Å². The van der Waals surface area contributed by atoms with E-state index < -0.39 is 5.97 Å². The highest BCUT2D eigenvalue weighted by Crippen LogP contribution is 2.01. The van der Waals surface area contributed by atoms with Crippen LogP contribution in [0.5, 0.6) is 0 Å². The molecular formula is C12H12O3. The minimum Gasteiger partial charge on any atom is -0.460 e. The Labute approximate surface area is 88.4 Å². The predicted octanol–water partition coefficient (Wildman–Crippen LogP) is 1.87. The SMILES string of the molecule is C=CC(=O)CC(=O)OCc1ccccc1. The van der Waals surface area contributed by atoms with Crippen LogP contribution < -0.4 is 0 Å². The summed E-state index contributed by atoms with van der Waals surface area (Å²) in [6.07, 6.45) is 0.875. The molecule has 0 fully saturated rings. The molecule has 3 heteroatoms. The molecule has 0 bridgehead atoms. The summed E-state index contributed by atoms with van der Waals surface area (Å²) in [6.45, 7) is 3.47. The minimum atomic E-state index is -0.524. The number of rotatable bonds is 5. The van der Waals surface area contributed by atoms with Gasteiger partial charge in [0.25, 0.3) is 0 Å². The largest absolute Gasteiger partial charge is 0.460 e. The van der Waals surface area contributed by atoms with Gasteiger partial charge >= 0.3 is 5.97 Å². The fourth-order valence-electron chi connectivity index (χ4n) is 1.00. The topological polar surface area (TPSA) is 43.4 Å². The lowest BCUT2D eigenvalue weighted by atomic mass is 10.2. The summed E-state index contributed by atoms with van der Waals surface area (Å²) in [7, 11) is 0. The second kappa shape index (κ2) is 5.75. The number of ether oxygens (including phenoxy) is 1. The van der Waals surface area contributed by atoms with E-state index in [0.717, 1.165) is 11.6 Å². The molecule has 0 aliphatic rings. The van der Waals surface area contributed by atoms with Crippen LogP contribution in [0.3, 0.4) is 0 Å². The Bertz CT molecular complexity index is 354. The summed E-state index contributed by atoms with van der Waals surface area (Å²) in [5, 5.41) is 0. The summed E-state index contributed by atoms with van der Waals surface area (Å²) in [5.74, 6) is -0.850. The van der Waals surface area contributed by atoms with Crippen molar-refractivity contribution in [3.8, 4) is 0 Å². The van der Waals surface area contributed by atoms with Gasteiger partial charge in [-0.1, -0.05) is 36.9 Å². The van der Waals surface area contributed by atoms with E-state index in [1.807, 2.05) is 30.3 Å². The van der Waals surface area contributed by atoms with Crippen molar-refractivity contribution in [1.82, 2.24) is 0 Å². The Balaban J connectivity index is 2.35. The van der Waals surface area contributed by atoms with Crippen molar-refractivity contribution >= 4 is 11.8 Å². The van der Waals surface area contributed by atoms with Crippen LogP contribution in [0.4, 0.5) is 0 Å². The smallest absolute Gasteiger partial charge is 0.314 e. The molecule has 78 valence electrons. The van der Waals surface area contributed by atoms with Gasteiger partial charge in [-0.25, -0.2) is 0 Å². The number of ketones is 1. The fourth-order valence-corrected chi connectivity index (χ4v) is 1.00. The number of hydrogen-bond acceptors (Lipinski definition) is 3. The molecule has 0 saturated carbocycles. The molecule has 0 atom stereocenters. The molecule has 0 amide bonds. The van der Waals surface area contributed by atoms with Crippen LogP contribution in [0.25, 0.3) is 0 Å². The molecular weight excluding hydrogens is 192 g/mol. The van der Waals surface area contributed by atoms with Crippen molar-refractivity contribution in [2.45, 2.75) is 13.0 Å². The molecule has 0 radical (unpaired) electrons. The van der Waals surface area contributed by atoms with Gasteiger partial charge in [-0.15, -0.1) is 0 Å². The molecule has 3 nitrogen and oxygen atoms in total. The molecule has 1 rings (SSSR count). The zero-order valence-electron chi connectivity index (χ0n) is 8.31. The predicted molar refractivity (Wildman–Crippen MR) is 56.1 cm³/mol. The maximum absolute atomic E-state index is 11.1. The summed E-state index contributed by atoms with van der Waals surface area (Å²) in [4.78, 5) is 21.9. The Morgan fingerprint density at radius 2 is 1.93 bits per heavy atom. The third-order valence-electron chi connectivity index (χ3n) is 1.79. The average Bonchev–Trinajstić information content (AvgIpc) is 2.27. The highest BCUT2D eigenvalue weighted by atomic mass is 16.5. The van der Waals surface area contributed by atoms with E-state index in [0.29, 0.717) is 0 Å². The first-order valence-electron chi connectivity index (χ1n) is 4.57. The molecule has 0 N–H and O–H groups in total.